The highest BCUT2D eigenvalue weighted by atomic mass is 16.5. The number of aromatic nitrogens is 1. The van der Waals surface area contributed by atoms with Crippen molar-refractivity contribution in [1.82, 2.24) is 4.98 Å². The molecule has 0 unspecified atom stereocenters. The zero-order valence-electron chi connectivity index (χ0n) is 13.3. The molecule has 0 aliphatic heterocycles. The van der Waals surface area contributed by atoms with Crippen LogP contribution < -0.4 is 20.5 Å². The first-order valence-electron chi connectivity index (χ1n) is 7.24. The number of benzene rings is 2. The van der Waals surface area contributed by atoms with Gasteiger partial charge in [0.1, 0.15) is 11.6 Å². The quantitative estimate of drug-likeness (QED) is 0.715. The van der Waals surface area contributed by atoms with Crippen molar-refractivity contribution in [2.24, 2.45) is 0 Å². The number of hydrogen-bond acceptors (Lipinski definition) is 6. The number of rotatable bonds is 4. The van der Waals surface area contributed by atoms with E-state index in [1.54, 1.807) is 32.4 Å². The highest BCUT2D eigenvalue weighted by Gasteiger charge is 2.16. The number of nitrogens with zero attached hydrogens (tertiary/aromatic N) is 2. The van der Waals surface area contributed by atoms with Gasteiger partial charge in [-0.3, -0.25) is 4.98 Å². The van der Waals surface area contributed by atoms with E-state index in [1.807, 2.05) is 18.2 Å². The number of pyridine rings is 1. The minimum atomic E-state index is 0.428. The van der Waals surface area contributed by atoms with Crippen LogP contribution in [0.15, 0.2) is 42.6 Å². The summed E-state index contributed by atoms with van der Waals surface area (Å²) in [5, 5.41) is 13.4. The summed E-state index contributed by atoms with van der Waals surface area (Å²) in [4.78, 5) is 4.36. The third kappa shape index (κ3) is 2.63. The number of methoxy groups -OCH3 is 2. The normalized spacial score (nSPS) is 10.2. The molecule has 0 saturated heterocycles. The van der Waals surface area contributed by atoms with Crippen LogP contribution in [0.4, 0.5) is 17.1 Å². The Balaban J connectivity index is 2.23. The first kappa shape index (κ1) is 15.4. The third-order valence-corrected chi connectivity index (χ3v) is 3.66. The maximum atomic E-state index is 9.43. The molecule has 0 bridgehead atoms. The first-order chi connectivity index (χ1) is 11.7. The molecule has 0 spiro atoms. The molecule has 3 aromatic rings. The Morgan fingerprint density at radius 2 is 2.00 bits per heavy atom. The van der Waals surface area contributed by atoms with Crippen LogP contribution in [0.1, 0.15) is 5.56 Å². The summed E-state index contributed by atoms with van der Waals surface area (Å²) < 4.78 is 10.7. The predicted molar refractivity (Wildman–Crippen MR) is 93.7 cm³/mol. The number of ether oxygens (including phenoxy) is 2. The number of nitrogen functional groups attached to an aromatic ring is 1. The second-order valence-electron chi connectivity index (χ2n) is 5.11. The van der Waals surface area contributed by atoms with Crippen LogP contribution in [0.3, 0.4) is 0 Å². The topological polar surface area (TPSA) is 93.2 Å². The summed E-state index contributed by atoms with van der Waals surface area (Å²) in [7, 11) is 3.13. The van der Waals surface area contributed by atoms with Gasteiger partial charge in [0, 0.05) is 23.0 Å². The minimum absolute atomic E-state index is 0.428. The van der Waals surface area contributed by atoms with Gasteiger partial charge in [0.2, 0.25) is 0 Å². The van der Waals surface area contributed by atoms with E-state index in [-0.39, 0.29) is 0 Å². The second kappa shape index (κ2) is 6.34. The average molecular weight is 320 g/mol. The molecule has 0 aliphatic rings. The summed E-state index contributed by atoms with van der Waals surface area (Å²) in [5.74, 6) is 1.10. The van der Waals surface area contributed by atoms with Crippen molar-refractivity contribution in [3.05, 3.63) is 48.2 Å². The highest BCUT2D eigenvalue weighted by Crippen LogP contribution is 2.38. The van der Waals surface area contributed by atoms with Gasteiger partial charge < -0.3 is 20.5 Å². The first-order valence-corrected chi connectivity index (χ1v) is 7.24. The summed E-state index contributed by atoms with van der Waals surface area (Å²) in [6, 6.07) is 13.1. The van der Waals surface area contributed by atoms with E-state index in [4.69, 9.17) is 15.2 Å². The molecule has 0 amide bonds. The third-order valence-electron chi connectivity index (χ3n) is 3.66. The zero-order chi connectivity index (χ0) is 17.1. The van der Waals surface area contributed by atoms with Crippen molar-refractivity contribution in [1.29, 1.82) is 5.26 Å². The summed E-state index contributed by atoms with van der Waals surface area (Å²) in [6.45, 7) is 0. The van der Waals surface area contributed by atoms with Gasteiger partial charge in [-0.1, -0.05) is 6.07 Å². The number of fused-ring (bicyclic) bond motifs is 1. The molecule has 0 radical (unpaired) electrons. The van der Waals surface area contributed by atoms with Crippen LogP contribution in [0.2, 0.25) is 0 Å². The Bertz CT molecular complexity index is 948. The predicted octanol–water partition coefficient (Wildman–Crippen LogP) is 3.45. The lowest BCUT2D eigenvalue weighted by molar-refractivity contribution is 0.358. The average Bonchev–Trinajstić information content (AvgIpc) is 2.60. The van der Waals surface area contributed by atoms with Crippen LogP contribution in [0.5, 0.6) is 11.5 Å². The number of nitrogens with two attached hydrogens (primary N) is 1. The van der Waals surface area contributed by atoms with Gasteiger partial charge in [0.15, 0.2) is 11.5 Å². The molecule has 0 fully saturated rings. The molecule has 0 atom stereocenters. The molecule has 2 aromatic carbocycles. The lowest BCUT2D eigenvalue weighted by Gasteiger charge is -2.15. The second-order valence-corrected chi connectivity index (χ2v) is 5.11. The van der Waals surface area contributed by atoms with Crippen LogP contribution in [-0.4, -0.2) is 19.2 Å². The molecular formula is C18H16N4O2. The fourth-order valence-electron chi connectivity index (χ4n) is 2.56. The molecular weight excluding hydrogens is 304 g/mol. The largest absolute Gasteiger partial charge is 0.493 e. The van der Waals surface area contributed by atoms with Gasteiger partial charge in [-0.15, -0.1) is 0 Å². The lowest BCUT2D eigenvalue weighted by Crippen LogP contribution is -1.99. The number of anilines is 3. The number of hydrogen-bond donors (Lipinski definition) is 2. The van der Waals surface area contributed by atoms with Crippen LogP contribution in [0.25, 0.3) is 10.9 Å². The van der Waals surface area contributed by atoms with Gasteiger partial charge >= 0.3 is 0 Å². The van der Waals surface area contributed by atoms with E-state index in [1.165, 1.54) is 6.20 Å². The van der Waals surface area contributed by atoms with Crippen molar-refractivity contribution in [3.8, 4) is 17.6 Å². The van der Waals surface area contributed by atoms with Crippen molar-refractivity contribution < 1.29 is 9.47 Å². The van der Waals surface area contributed by atoms with E-state index < -0.39 is 0 Å². The Morgan fingerprint density at radius 3 is 2.67 bits per heavy atom. The Hall–Kier alpha value is -3.46. The molecule has 0 saturated carbocycles. The van der Waals surface area contributed by atoms with Gasteiger partial charge in [-0.25, -0.2) is 0 Å². The summed E-state index contributed by atoms with van der Waals surface area (Å²) in [5.41, 5.74) is 8.93. The standard InChI is InChI=1S/C18H16N4O2/c1-23-15-7-6-14-16(22-13-5-3-4-12(20)8-13)11(9-19)10-21-17(14)18(15)24-2/h3-8,10H,20H2,1-2H3,(H,21,22). The SMILES string of the molecule is COc1ccc2c(Nc3cccc(N)c3)c(C#N)cnc2c1OC. The van der Waals surface area contributed by atoms with Crippen LogP contribution in [0, 0.1) is 11.3 Å². The minimum Gasteiger partial charge on any atom is -0.493 e. The lowest BCUT2D eigenvalue weighted by atomic mass is 10.1. The Labute approximate surface area is 139 Å². The molecule has 120 valence electrons. The van der Waals surface area contributed by atoms with Crippen molar-refractivity contribution in [2.45, 2.75) is 0 Å². The molecule has 3 rings (SSSR count). The molecule has 24 heavy (non-hydrogen) atoms. The molecule has 3 N–H and O–H groups in total. The fraction of sp³-hybridized carbons (Fsp3) is 0.111. The van der Waals surface area contributed by atoms with Crippen LogP contribution in [-0.2, 0) is 0 Å². The molecule has 6 heteroatoms. The number of nitrogens with one attached hydrogen (secondary N) is 1. The zero-order valence-corrected chi connectivity index (χ0v) is 13.3. The van der Waals surface area contributed by atoms with E-state index in [9.17, 15) is 5.26 Å². The monoisotopic (exact) mass is 320 g/mol. The maximum Gasteiger partial charge on any atom is 0.187 e. The summed E-state index contributed by atoms with van der Waals surface area (Å²) >= 11 is 0. The number of nitriles is 1. The van der Waals surface area contributed by atoms with Gasteiger partial charge in [-0.2, -0.15) is 5.26 Å². The molecule has 0 aliphatic carbocycles. The Morgan fingerprint density at radius 1 is 1.17 bits per heavy atom. The molecule has 6 nitrogen and oxygen atoms in total. The fourth-order valence-corrected chi connectivity index (χ4v) is 2.56. The van der Waals surface area contributed by atoms with Crippen LogP contribution >= 0.6 is 0 Å². The smallest absolute Gasteiger partial charge is 0.187 e. The molecule has 1 aromatic heterocycles. The Kier molecular flexibility index (Phi) is 4.08. The van der Waals surface area contributed by atoms with Crippen molar-refractivity contribution >= 4 is 28.0 Å². The van der Waals surface area contributed by atoms with Crippen molar-refractivity contribution in [3.63, 3.8) is 0 Å². The van der Waals surface area contributed by atoms with E-state index >= 15 is 0 Å². The van der Waals surface area contributed by atoms with E-state index in [0.717, 1.165) is 11.1 Å². The molecule has 1 heterocycles. The van der Waals surface area contributed by atoms with E-state index in [2.05, 4.69) is 16.4 Å². The van der Waals surface area contributed by atoms with Gasteiger partial charge in [0.25, 0.3) is 0 Å². The highest BCUT2D eigenvalue weighted by molar-refractivity contribution is 5.99. The maximum absolute atomic E-state index is 9.43. The van der Waals surface area contributed by atoms with E-state index in [0.29, 0.717) is 34.0 Å². The van der Waals surface area contributed by atoms with Crippen molar-refractivity contribution in [2.75, 3.05) is 25.3 Å². The van der Waals surface area contributed by atoms with Gasteiger partial charge in [-0.05, 0) is 30.3 Å². The summed E-state index contributed by atoms with van der Waals surface area (Å²) in [6.07, 6.45) is 1.51. The van der Waals surface area contributed by atoms with Gasteiger partial charge in [0.05, 0.1) is 25.5 Å².